The maximum atomic E-state index is 5.96. The van der Waals surface area contributed by atoms with Crippen LogP contribution in [0.5, 0.6) is 0 Å². The van der Waals surface area contributed by atoms with Gasteiger partial charge in [0, 0.05) is 25.0 Å². The van der Waals surface area contributed by atoms with Crippen LogP contribution in [0.2, 0.25) is 0 Å². The molecule has 0 aromatic heterocycles. The summed E-state index contributed by atoms with van der Waals surface area (Å²) in [6, 6.07) is 8.44. The summed E-state index contributed by atoms with van der Waals surface area (Å²) >= 11 is 0. The van der Waals surface area contributed by atoms with Crippen molar-refractivity contribution in [2.45, 2.75) is 47.0 Å². The van der Waals surface area contributed by atoms with Gasteiger partial charge in [-0.15, -0.1) is 0 Å². The molecular formula is C16H28O3Si. The topological polar surface area (TPSA) is 27.7 Å². The average Bonchev–Trinajstić information content (AvgIpc) is 2.39. The van der Waals surface area contributed by atoms with E-state index in [1.165, 1.54) is 5.56 Å². The molecule has 0 fully saturated rings. The van der Waals surface area contributed by atoms with Gasteiger partial charge in [0.2, 0.25) is 0 Å². The predicted molar refractivity (Wildman–Crippen MR) is 85.4 cm³/mol. The van der Waals surface area contributed by atoms with E-state index in [2.05, 4.69) is 45.0 Å². The molecule has 0 aliphatic carbocycles. The summed E-state index contributed by atoms with van der Waals surface area (Å²) in [7, 11) is -2.78. The number of hydrogen-bond acceptors (Lipinski definition) is 3. The largest absolute Gasteiger partial charge is 0.537 e. The van der Waals surface area contributed by atoms with Crippen LogP contribution < -0.4 is 5.19 Å². The lowest BCUT2D eigenvalue weighted by Crippen LogP contribution is -2.57. The van der Waals surface area contributed by atoms with Crippen molar-refractivity contribution in [3.63, 3.8) is 0 Å². The second-order valence-corrected chi connectivity index (χ2v) is 8.24. The fraction of sp³-hybridized carbons (Fsp3) is 0.625. The van der Waals surface area contributed by atoms with Crippen LogP contribution in [0, 0.1) is 0 Å². The Morgan fingerprint density at radius 2 is 1.40 bits per heavy atom. The van der Waals surface area contributed by atoms with Crippen LogP contribution in [0.1, 0.15) is 47.1 Å². The smallest absolute Gasteiger partial charge is 0.370 e. The van der Waals surface area contributed by atoms with Gasteiger partial charge in [-0.1, -0.05) is 45.0 Å². The Hall–Kier alpha value is -0.683. The molecule has 0 bridgehead atoms. The van der Waals surface area contributed by atoms with E-state index in [1.54, 1.807) is 0 Å². The van der Waals surface area contributed by atoms with Gasteiger partial charge in [-0.05, 0) is 31.7 Å². The zero-order chi connectivity index (χ0) is 15.2. The van der Waals surface area contributed by atoms with Crippen molar-refractivity contribution in [2.24, 2.45) is 0 Å². The van der Waals surface area contributed by atoms with Gasteiger partial charge in [0.15, 0.2) is 0 Å². The highest BCUT2D eigenvalue weighted by molar-refractivity contribution is 6.75. The minimum absolute atomic E-state index is 0.0980. The van der Waals surface area contributed by atoms with Gasteiger partial charge in [-0.25, -0.2) is 0 Å². The summed E-state index contributed by atoms with van der Waals surface area (Å²) in [5.41, 5.74) is 1.37. The highest BCUT2D eigenvalue weighted by Gasteiger charge is 2.43. The summed E-state index contributed by atoms with van der Waals surface area (Å²) in [6.07, 6.45) is 0. The molecule has 0 heterocycles. The third-order valence-corrected chi connectivity index (χ3v) is 6.11. The molecule has 1 aromatic carbocycles. The molecule has 0 aliphatic rings. The molecule has 0 saturated carbocycles. The Morgan fingerprint density at radius 3 is 1.80 bits per heavy atom. The van der Waals surface area contributed by atoms with Gasteiger partial charge in [-0.2, -0.15) is 0 Å². The molecule has 114 valence electrons. The predicted octanol–water partition coefficient (Wildman–Crippen LogP) is 3.24. The lowest BCUT2D eigenvalue weighted by molar-refractivity contribution is 0.0859. The molecule has 0 radical (unpaired) electrons. The van der Waals surface area contributed by atoms with E-state index < -0.39 is 8.80 Å². The first kappa shape index (κ1) is 17.4. The molecule has 3 nitrogen and oxygen atoms in total. The molecule has 0 spiro atoms. The number of hydrogen-bond donors (Lipinski definition) is 0. The van der Waals surface area contributed by atoms with Crippen LogP contribution in [0.25, 0.3) is 0 Å². The van der Waals surface area contributed by atoms with Crippen LogP contribution in [-0.4, -0.2) is 28.6 Å². The fourth-order valence-electron chi connectivity index (χ4n) is 2.12. The Bertz CT molecular complexity index is 395. The van der Waals surface area contributed by atoms with Gasteiger partial charge in [0.25, 0.3) is 0 Å². The average molecular weight is 296 g/mol. The van der Waals surface area contributed by atoms with Crippen LogP contribution in [0.3, 0.4) is 0 Å². The van der Waals surface area contributed by atoms with E-state index in [1.807, 2.05) is 20.8 Å². The molecule has 0 atom stereocenters. The first-order chi connectivity index (χ1) is 9.39. The second kappa shape index (κ2) is 7.36. The van der Waals surface area contributed by atoms with Crippen molar-refractivity contribution in [1.29, 1.82) is 0 Å². The van der Waals surface area contributed by atoms with Crippen LogP contribution >= 0.6 is 0 Å². The molecule has 0 unspecified atom stereocenters. The monoisotopic (exact) mass is 296 g/mol. The molecule has 20 heavy (non-hydrogen) atoms. The van der Waals surface area contributed by atoms with E-state index >= 15 is 0 Å². The molecule has 4 heteroatoms. The SMILES string of the molecule is CCO[Si](OCC)(OCC)c1cccc(C(C)(C)C)c1. The van der Waals surface area contributed by atoms with E-state index in [0.29, 0.717) is 19.8 Å². The highest BCUT2D eigenvalue weighted by atomic mass is 28.4. The maximum Gasteiger partial charge on any atom is 0.537 e. The van der Waals surface area contributed by atoms with Crippen molar-refractivity contribution in [1.82, 2.24) is 0 Å². The molecule has 1 rings (SSSR count). The molecule has 1 aromatic rings. The van der Waals surface area contributed by atoms with Gasteiger partial charge in [0.05, 0.1) is 0 Å². The van der Waals surface area contributed by atoms with E-state index in [9.17, 15) is 0 Å². The molecule has 0 N–H and O–H groups in total. The number of benzene rings is 1. The van der Waals surface area contributed by atoms with Crippen LogP contribution in [0.15, 0.2) is 24.3 Å². The number of rotatable bonds is 7. The summed E-state index contributed by atoms with van der Waals surface area (Å²) in [5, 5.41) is 1.05. The van der Waals surface area contributed by atoms with Crippen molar-refractivity contribution in [3.8, 4) is 0 Å². The van der Waals surface area contributed by atoms with Gasteiger partial charge in [-0.3, -0.25) is 0 Å². The molecular weight excluding hydrogens is 268 g/mol. The first-order valence-corrected chi connectivity index (χ1v) is 9.15. The van der Waals surface area contributed by atoms with Crippen LogP contribution in [-0.2, 0) is 18.7 Å². The minimum Gasteiger partial charge on any atom is -0.370 e. The van der Waals surface area contributed by atoms with Crippen molar-refractivity contribution >= 4 is 14.0 Å². The van der Waals surface area contributed by atoms with Gasteiger partial charge < -0.3 is 13.3 Å². The Labute approximate surface area is 124 Å². The first-order valence-electron chi connectivity index (χ1n) is 7.42. The summed E-state index contributed by atoms with van der Waals surface area (Å²) in [4.78, 5) is 0. The van der Waals surface area contributed by atoms with Crippen molar-refractivity contribution < 1.29 is 13.3 Å². The highest BCUT2D eigenvalue weighted by Crippen LogP contribution is 2.22. The van der Waals surface area contributed by atoms with E-state index in [4.69, 9.17) is 13.3 Å². The lowest BCUT2D eigenvalue weighted by atomic mass is 9.87. The molecule has 0 amide bonds. The van der Waals surface area contributed by atoms with Crippen LogP contribution in [0.4, 0.5) is 0 Å². The van der Waals surface area contributed by atoms with E-state index in [-0.39, 0.29) is 5.41 Å². The maximum absolute atomic E-state index is 5.96. The molecule has 0 saturated heterocycles. The van der Waals surface area contributed by atoms with Gasteiger partial charge >= 0.3 is 8.80 Å². The third kappa shape index (κ3) is 4.15. The Morgan fingerprint density at radius 1 is 0.900 bits per heavy atom. The standard InChI is InChI=1S/C16H28O3Si/c1-7-17-20(18-8-2,19-9-3)15-12-10-11-14(13-15)16(4,5)6/h10-13H,7-9H2,1-6H3. The van der Waals surface area contributed by atoms with Crippen molar-refractivity contribution in [3.05, 3.63) is 29.8 Å². The fourth-order valence-corrected chi connectivity index (χ4v) is 4.64. The lowest BCUT2D eigenvalue weighted by Gasteiger charge is -2.30. The zero-order valence-electron chi connectivity index (χ0n) is 13.7. The summed E-state index contributed by atoms with van der Waals surface area (Å²) in [5.74, 6) is 0. The Balaban J connectivity index is 3.25. The minimum atomic E-state index is -2.78. The third-order valence-electron chi connectivity index (χ3n) is 3.09. The zero-order valence-corrected chi connectivity index (χ0v) is 14.7. The van der Waals surface area contributed by atoms with Gasteiger partial charge in [0.1, 0.15) is 0 Å². The van der Waals surface area contributed by atoms with E-state index in [0.717, 1.165) is 5.19 Å². The van der Waals surface area contributed by atoms with Crippen molar-refractivity contribution in [2.75, 3.05) is 19.8 Å². The Kier molecular flexibility index (Phi) is 6.39. The second-order valence-electron chi connectivity index (χ2n) is 5.69. The summed E-state index contributed by atoms with van der Waals surface area (Å²) < 4.78 is 17.9. The summed E-state index contributed by atoms with van der Waals surface area (Å²) in [6.45, 7) is 14.3. The normalized spacial score (nSPS) is 12.7. The molecule has 0 aliphatic heterocycles. The quantitative estimate of drug-likeness (QED) is 0.723.